The minimum Gasteiger partial charge on any atom is -0.461 e. The number of anilines is 1. The van der Waals surface area contributed by atoms with Crippen molar-refractivity contribution in [3.8, 4) is 0 Å². The summed E-state index contributed by atoms with van der Waals surface area (Å²) in [5.74, 6) is -0.337. The highest BCUT2D eigenvalue weighted by Gasteiger charge is 2.27. The van der Waals surface area contributed by atoms with Crippen LogP contribution < -0.4 is 4.90 Å². The lowest BCUT2D eigenvalue weighted by Gasteiger charge is -2.36. The molecule has 5 nitrogen and oxygen atoms in total. The van der Waals surface area contributed by atoms with Crippen molar-refractivity contribution < 1.29 is 14.3 Å². The molecule has 0 spiro atoms. The Morgan fingerprint density at radius 1 is 1.58 bits per heavy atom. The number of carbonyl (C=O) groups is 1. The van der Waals surface area contributed by atoms with E-state index >= 15 is 0 Å². The van der Waals surface area contributed by atoms with Crippen LogP contribution in [0.1, 0.15) is 36.1 Å². The van der Waals surface area contributed by atoms with Gasteiger partial charge in [0.2, 0.25) is 0 Å². The number of rotatable bonds is 3. The topological polar surface area (TPSA) is 51.7 Å². The molecule has 0 aliphatic carbocycles. The monoisotopic (exact) mass is 284 g/mol. The molecule has 0 aromatic carbocycles. The van der Waals surface area contributed by atoms with Crippen molar-refractivity contribution in [1.29, 1.82) is 0 Å². The Morgan fingerprint density at radius 3 is 3.00 bits per heavy atom. The van der Waals surface area contributed by atoms with Crippen molar-refractivity contribution in [2.24, 2.45) is 0 Å². The zero-order valence-electron chi connectivity index (χ0n) is 11.8. The fraction of sp³-hybridized carbons (Fsp3) is 0.692. The summed E-state index contributed by atoms with van der Waals surface area (Å²) in [6.07, 6.45) is 0.187. The number of morpholine rings is 1. The Bertz CT molecular complexity index is 461. The van der Waals surface area contributed by atoms with Crippen LogP contribution in [0.2, 0.25) is 0 Å². The Morgan fingerprint density at radius 2 is 2.32 bits per heavy atom. The molecule has 0 saturated carbocycles. The Labute approximate surface area is 117 Å². The molecule has 1 fully saturated rings. The number of nitrogens with zero attached hydrogens (tertiary/aromatic N) is 2. The van der Waals surface area contributed by atoms with Gasteiger partial charge in [-0.05, 0) is 27.7 Å². The fourth-order valence-electron chi connectivity index (χ4n) is 2.06. The van der Waals surface area contributed by atoms with Crippen molar-refractivity contribution in [2.45, 2.75) is 39.8 Å². The second-order valence-electron chi connectivity index (χ2n) is 4.77. The van der Waals surface area contributed by atoms with E-state index in [1.807, 2.05) is 13.8 Å². The summed E-state index contributed by atoms with van der Waals surface area (Å²) in [5, 5.41) is 0.878. The molecule has 2 unspecified atom stereocenters. The van der Waals surface area contributed by atoms with Gasteiger partial charge in [-0.2, -0.15) is 0 Å². The van der Waals surface area contributed by atoms with Gasteiger partial charge in [-0.15, -0.1) is 11.3 Å². The summed E-state index contributed by atoms with van der Waals surface area (Å²) < 4.78 is 10.6. The second-order valence-corrected chi connectivity index (χ2v) is 5.95. The first-order valence-electron chi connectivity index (χ1n) is 6.55. The molecule has 19 heavy (non-hydrogen) atoms. The second kappa shape index (κ2) is 5.88. The quantitative estimate of drug-likeness (QED) is 0.797. The van der Waals surface area contributed by atoms with E-state index in [9.17, 15) is 4.79 Å². The first-order chi connectivity index (χ1) is 9.02. The van der Waals surface area contributed by atoms with E-state index in [1.165, 1.54) is 11.3 Å². The maximum Gasteiger partial charge on any atom is 0.358 e. The van der Waals surface area contributed by atoms with Crippen molar-refractivity contribution >= 4 is 22.4 Å². The number of hydrogen-bond donors (Lipinski definition) is 0. The van der Waals surface area contributed by atoms with E-state index in [2.05, 4.69) is 16.8 Å². The van der Waals surface area contributed by atoms with Gasteiger partial charge in [0.1, 0.15) is 0 Å². The van der Waals surface area contributed by atoms with Gasteiger partial charge in [-0.1, -0.05) is 0 Å². The molecule has 0 N–H and O–H groups in total. The van der Waals surface area contributed by atoms with Gasteiger partial charge in [0.05, 0.1) is 25.4 Å². The van der Waals surface area contributed by atoms with Gasteiger partial charge in [-0.25, -0.2) is 9.78 Å². The van der Waals surface area contributed by atoms with E-state index in [0.717, 1.165) is 16.6 Å². The number of thiazole rings is 1. The largest absolute Gasteiger partial charge is 0.461 e. The van der Waals surface area contributed by atoms with E-state index in [0.29, 0.717) is 18.9 Å². The van der Waals surface area contributed by atoms with Crippen LogP contribution >= 0.6 is 11.3 Å². The highest BCUT2D eigenvalue weighted by atomic mass is 32.1. The predicted octanol–water partition coefficient (Wildman–Crippen LogP) is 2.24. The first-order valence-corrected chi connectivity index (χ1v) is 7.37. The van der Waals surface area contributed by atoms with Crippen LogP contribution in [0, 0.1) is 6.92 Å². The molecule has 2 heterocycles. The van der Waals surface area contributed by atoms with Gasteiger partial charge in [0, 0.05) is 11.4 Å². The number of hydrogen-bond acceptors (Lipinski definition) is 6. The minimum atomic E-state index is -0.337. The van der Waals surface area contributed by atoms with Crippen LogP contribution in [0.25, 0.3) is 0 Å². The minimum absolute atomic E-state index is 0.187. The number of aryl methyl sites for hydroxylation is 1. The smallest absolute Gasteiger partial charge is 0.358 e. The third-order valence-electron chi connectivity index (χ3n) is 3.11. The van der Waals surface area contributed by atoms with Crippen molar-refractivity contribution in [3.05, 3.63) is 10.6 Å². The van der Waals surface area contributed by atoms with E-state index in [1.54, 1.807) is 6.92 Å². The van der Waals surface area contributed by atoms with Crippen LogP contribution in [-0.4, -0.2) is 42.9 Å². The maximum atomic E-state index is 11.8. The third-order valence-corrected chi connectivity index (χ3v) is 4.12. The van der Waals surface area contributed by atoms with E-state index in [-0.39, 0.29) is 18.1 Å². The summed E-state index contributed by atoms with van der Waals surface area (Å²) >= 11 is 1.54. The highest BCUT2D eigenvalue weighted by molar-refractivity contribution is 7.15. The van der Waals surface area contributed by atoms with Crippen molar-refractivity contribution in [2.75, 3.05) is 24.7 Å². The van der Waals surface area contributed by atoms with Crippen LogP contribution in [0.15, 0.2) is 0 Å². The molecule has 2 rings (SSSR count). The number of esters is 1. The molecule has 1 aromatic heterocycles. The van der Waals surface area contributed by atoms with Gasteiger partial charge < -0.3 is 14.4 Å². The molecule has 1 saturated heterocycles. The lowest BCUT2D eigenvalue weighted by atomic mass is 10.2. The molecule has 6 heteroatoms. The van der Waals surface area contributed by atoms with Crippen molar-refractivity contribution in [1.82, 2.24) is 4.98 Å². The lowest BCUT2D eigenvalue weighted by molar-refractivity contribution is 0.0343. The molecule has 1 aromatic rings. The van der Waals surface area contributed by atoms with Gasteiger partial charge in [-0.3, -0.25) is 0 Å². The van der Waals surface area contributed by atoms with Crippen LogP contribution in [0.4, 0.5) is 5.13 Å². The Hall–Kier alpha value is -1.14. The maximum absolute atomic E-state index is 11.8. The first kappa shape index (κ1) is 14.3. The molecular formula is C13H20N2O3S. The average molecular weight is 284 g/mol. The van der Waals surface area contributed by atoms with E-state index < -0.39 is 0 Å². The van der Waals surface area contributed by atoms with Gasteiger partial charge in [0.15, 0.2) is 10.8 Å². The molecule has 2 atom stereocenters. The number of aromatic nitrogens is 1. The number of ether oxygens (including phenoxy) is 2. The molecule has 106 valence electrons. The highest BCUT2D eigenvalue weighted by Crippen LogP contribution is 2.29. The van der Waals surface area contributed by atoms with Crippen LogP contribution in [0.5, 0.6) is 0 Å². The number of carbonyl (C=O) groups excluding carboxylic acids is 1. The van der Waals surface area contributed by atoms with Gasteiger partial charge in [0.25, 0.3) is 0 Å². The summed E-state index contributed by atoms with van der Waals surface area (Å²) in [6, 6.07) is 0.275. The van der Waals surface area contributed by atoms with Crippen LogP contribution in [-0.2, 0) is 9.47 Å². The third kappa shape index (κ3) is 3.06. The summed E-state index contributed by atoms with van der Waals surface area (Å²) in [7, 11) is 0. The summed E-state index contributed by atoms with van der Waals surface area (Å²) in [5.41, 5.74) is 0.438. The fourth-order valence-corrected chi connectivity index (χ4v) is 3.07. The molecule has 0 radical (unpaired) electrons. The zero-order chi connectivity index (χ0) is 14.0. The Balaban J connectivity index is 2.21. The average Bonchev–Trinajstić information content (AvgIpc) is 2.74. The normalized spacial score (nSPS) is 23.5. The molecule has 0 amide bonds. The molecular weight excluding hydrogens is 264 g/mol. The lowest BCUT2D eigenvalue weighted by Crippen LogP contribution is -2.47. The Kier molecular flexibility index (Phi) is 4.42. The van der Waals surface area contributed by atoms with E-state index in [4.69, 9.17) is 9.47 Å². The SMILES string of the molecule is CCOC(=O)c1nc(N2CC(C)OCC2C)sc1C. The van der Waals surface area contributed by atoms with Gasteiger partial charge >= 0.3 is 5.97 Å². The van der Waals surface area contributed by atoms with Crippen LogP contribution in [0.3, 0.4) is 0 Å². The summed E-state index contributed by atoms with van der Waals surface area (Å²) in [4.78, 5) is 19.3. The molecule has 0 bridgehead atoms. The molecule has 1 aliphatic rings. The summed E-state index contributed by atoms with van der Waals surface area (Å²) in [6.45, 7) is 9.72. The molecule has 1 aliphatic heterocycles. The predicted molar refractivity (Wildman–Crippen MR) is 75.0 cm³/mol. The standard InChI is InChI=1S/C13H20N2O3S/c1-5-17-12(16)11-10(4)19-13(14-11)15-6-9(3)18-7-8(15)2/h8-9H,5-7H2,1-4H3. The van der Waals surface area contributed by atoms with Crippen molar-refractivity contribution in [3.63, 3.8) is 0 Å². The zero-order valence-corrected chi connectivity index (χ0v) is 12.6.